The summed E-state index contributed by atoms with van der Waals surface area (Å²) in [5.41, 5.74) is 8.70. The van der Waals surface area contributed by atoms with Gasteiger partial charge in [0.25, 0.3) is 0 Å². The van der Waals surface area contributed by atoms with E-state index < -0.39 is 30.4 Å². The Morgan fingerprint density at radius 1 is 0.846 bits per heavy atom. The third-order valence-corrected chi connectivity index (χ3v) is 14.1. The van der Waals surface area contributed by atoms with Crippen LogP contribution in [0.15, 0.2) is 48.7 Å². The number of ether oxygens (including phenoxy) is 4. The predicted molar refractivity (Wildman–Crippen MR) is 246 cm³/mol. The van der Waals surface area contributed by atoms with Crippen molar-refractivity contribution in [1.82, 2.24) is 40.4 Å². The minimum Gasteiger partial charge on any atom is -0.453 e. The van der Waals surface area contributed by atoms with Gasteiger partial charge in [-0.3, -0.25) is 9.59 Å². The molecule has 0 spiro atoms. The minimum atomic E-state index is -0.923. The lowest BCUT2D eigenvalue weighted by Gasteiger charge is -2.33. The van der Waals surface area contributed by atoms with Gasteiger partial charge in [0.2, 0.25) is 11.8 Å². The molecule has 65 heavy (non-hydrogen) atoms. The zero-order valence-corrected chi connectivity index (χ0v) is 38.7. The summed E-state index contributed by atoms with van der Waals surface area (Å²) in [6.45, 7) is 8.75. The topological polar surface area (TPSA) is 193 Å². The van der Waals surface area contributed by atoms with E-state index in [-0.39, 0.29) is 41.8 Å². The van der Waals surface area contributed by atoms with Gasteiger partial charge in [-0.1, -0.05) is 50.6 Å². The number of hydrogen-bond acceptors (Lipinski definition) is 10. The van der Waals surface area contributed by atoms with Gasteiger partial charge in [-0.15, -0.1) is 0 Å². The zero-order chi connectivity index (χ0) is 46.1. The van der Waals surface area contributed by atoms with Crippen LogP contribution < -0.4 is 10.6 Å². The maximum Gasteiger partial charge on any atom is 0.407 e. The second kappa shape index (κ2) is 19.2. The van der Waals surface area contributed by atoms with Gasteiger partial charge in [0.1, 0.15) is 23.7 Å². The maximum absolute atomic E-state index is 14.2. The molecule has 4 amide bonds. The highest BCUT2D eigenvalue weighted by Crippen LogP contribution is 2.42. The van der Waals surface area contributed by atoms with Crippen molar-refractivity contribution in [2.24, 2.45) is 11.8 Å². The van der Waals surface area contributed by atoms with Gasteiger partial charge in [-0.25, -0.2) is 19.6 Å². The summed E-state index contributed by atoms with van der Waals surface area (Å²) in [4.78, 5) is 73.7. The average Bonchev–Trinajstić information content (AvgIpc) is 4.18. The number of rotatable bonds is 14. The van der Waals surface area contributed by atoms with Crippen LogP contribution >= 0.6 is 0 Å². The first-order chi connectivity index (χ1) is 31.4. The van der Waals surface area contributed by atoms with Gasteiger partial charge < -0.3 is 49.3 Å². The normalized spacial score (nSPS) is 21.3. The summed E-state index contributed by atoms with van der Waals surface area (Å²) in [5, 5.41) is 7.54. The SMILES string of the molecule is CC[C@H](C)[C@H](NC(=O)OC)C(=O)N1C[C@@H](COC)C[C@H]1c1ncc(-c2ccc(-c3ccc4c(ccc5[nH]c([C@@H]6CC[C@H](C)N6C(=O)[C@@H](NC(=O)OC)[C@@H](C)OC)nc54)c3)c3c2CCC3)[nH]1. The van der Waals surface area contributed by atoms with Gasteiger partial charge in [0, 0.05) is 43.7 Å². The summed E-state index contributed by atoms with van der Waals surface area (Å²) in [5.74, 6) is 1.05. The number of alkyl carbamates (subject to hydrolysis) is 2. The number of nitrogens with zero attached hydrogens (tertiary/aromatic N) is 4. The van der Waals surface area contributed by atoms with Crippen LogP contribution in [0.4, 0.5) is 9.59 Å². The molecule has 0 saturated carbocycles. The molecule has 0 unspecified atom stereocenters. The van der Waals surface area contributed by atoms with E-state index in [1.165, 1.54) is 38.0 Å². The molecule has 16 nitrogen and oxygen atoms in total. The second-order valence-corrected chi connectivity index (χ2v) is 18.0. The van der Waals surface area contributed by atoms with E-state index in [1.54, 1.807) is 14.0 Å². The molecule has 8 atom stereocenters. The Labute approximate surface area is 379 Å². The molecule has 2 fully saturated rings. The minimum absolute atomic E-state index is 0.0674. The van der Waals surface area contributed by atoms with Crippen LogP contribution in [0.5, 0.6) is 0 Å². The number of carbonyl (C=O) groups is 4. The highest BCUT2D eigenvalue weighted by Gasteiger charge is 2.44. The smallest absolute Gasteiger partial charge is 0.407 e. The monoisotopic (exact) mass is 890 g/mol. The lowest BCUT2D eigenvalue weighted by molar-refractivity contribution is -0.139. The number of benzene rings is 3. The third kappa shape index (κ3) is 8.77. The van der Waals surface area contributed by atoms with Crippen LogP contribution in [-0.4, -0.2) is 120 Å². The summed E-state index contributed by atoms with van der Waals surface area (Å²) in [6.07, 6.45) is 5.84. The molecule has 4 heterocycles. The summed E-state index contributed by atoms with van der Waals surface area (Å²) < 4.78 is 20.7. The average molecular weight is 891 g/mol. The summed E-state index contributed by atoms with van der Waals surface area (Å²) >= 11 is 0. The van der Waals surface area contributed by atoms with Crippen molar-refractivity contribution in [3.05, 3.63) is 71.4 Å². The zero-order valence-electron chi connectivity index (χ0n) is 38.7. The van der Waals surface area contributed by atoms with Gasteiger partial charge in [-0.2, -0.15) is 0 Å². The Kier molecular flexibility index (Phi) is 13.5. The number of hydrogen-bond donors (Lipinski definition) is 4. The van der Waals surface area contributed by atoms with Crippen LogP contribution in [0, 0.1) is 11.8 Å². The lowest BCUT2D eigenvalue weighted by Crippen LogP contribution is -2.55. The van der Waals surface area contributed by atoms with Gasteiger partial charge in [0.05, 0.1) is 61.9 Å². The molecule has 2 saturated heterocycles. The number of methoxy groups -OCH3 is 4. The first kappa shape index (κ1) is 45.6. The van der Waals surface area contributed by atoms with Gasteiger partial charge in [0.15, 0.2) is 0 Å². The molecular weight excluding hydrogens is 829 g/mol. The van der Waals surface area contributed by atoms with Crippen molar-refractivity contribution in [1.29, 1.82) is 0 Å². The Bertz CT molecular complexity index is 2570. The van der Waals surface area contributed by atoms with E-state index in [2.05, 4.69) is 63.1 Å². The van der Waals surface area contributed by atoms with E-state index in [1.807, 2.05) is 36.8 Å². The highest BCUT2D eigenvalue weighted by molar-refractivity contribution is 6.05. The van der Waals surface area contributed by atoms with Crippen molar-refractivity contribution < 1.29 is 38.1 Å². The fourth-order valence-electron chi connectivity index (χ4n) is 10.3. The second-order valence-electron chi connectivity index (χ2n) is 18.0. The van der Waals surface area contributed by atoms with Crippen LogP contribution in [0.2, 0.25) is 0 Å². The highest BCUT2D eigenvalue weighted by atomic mass is 16.5. The molecule has 2 aromatic heterocycles. The predicted octanol–water partition coefficient (Wildman–Crippen LogP) is 7.38. The van der Waals surface area contributed by atoms with Crippen LogP contribution in [0.1, 0.15) is 94.7 Å². The molecule has 0 radical (unpaired) electrons. The molecule has 8 rings (SSSR count). The summed E-state index contributed by atoms with van der Waals surface area (Å²) in [6, 6.07) is 12.8. The van der Waals surface area contributed by atoms with E-state index in [9.17, 15) is 19.2 Å². The Balaban J connectivity index is 1.06. The number of nitrogens with one attached hydrogen (secondary N) is 4. The van der Waals surface area contributed by atoms with Crippen molar-refractivity contribution in [2.75, 3.05) is 41.6 Å². The molecule has 3 aliphatic rings. The van der Waals surface area contributed by atoms with Crippen molar-refractivity contribution in [3.63, 3.8) is 0 Å². The fraction of sp³-hybridized carbons (Fsp3) is 0.510. The first-order valence-corrected chi connectivity index (χ1v) is 22.8. The number of fused-ring (bicyclic) bond motifs is 4. The van der Waals surface area contributed by atoms with Gasteiger partial charge in [-0.05, 0) is 98.1 Å². The number of H-pyrrole nitrogens is 2. The van der Waals surface area contributed by atoms with E-state index in [0.29, 0.717) is 37.6 Å². The summed E-state index contributed by atoms with van der Waals surface area (Å²) in [7, 11) is 5.76. The molecule has 16 heteroatoms. The number of carbonyl (C=O) groups excluding carboxylic acids is 4. The standard InChI is InChI=1S/C49H62N8O8/c1-9-26(2)41(54-48(60)64-7)46(58)56-24-29(25-62-5)21-40(56)44-50-23-38(52-44)36-18-17-32(34-11-10-12-35(34)36)30-14-16-33-31(22-30)15-19-37-43(33)53-45(51-37)39-20-13-27(3)57(39)47(59)42(28(4)63-6)55-49(61)65-8/h14-19,22-23,26-29,39-42H,9-13,20-21,24-25H2,1-8H3,(H,50,52)(H,51,53)(H,54,60)(H,55,61)/t26-,27-,28+,29-,39-,40-,41-,42-/m0/s1. The fourth-order valence-corrected chi connectivity index (χ4v) is 10.3. The number of aromatic nitrogens is 4. The Morgan fingerprint density at radius 3 is 2.28 bits per heavy atom. The van der Waals surface area contributed by atoms with Crippen LogP contribution in [0.25, 0.3) is 44.2 Å². The number of imidazole rings is 2. The molecule has 346 valence electrons. The first-order valence-electron chi connectivity index (χ1n) is 22.8. The van der Waals surface area contributed by atoms with Gasteiger partial charge >= 0.3 is 12.2 Å². The van der Waals surface area contributed by atoms with Crippen LogP contribution in [-0.2, 0) is 41.4 Å². The van der Waals surface area contributed by atoms with E-state index in [0.717, 1.165) is 70.7 Å². The molecule has 0 bridgehead atoms. The molecule has 2 aliphatic heterocycles. The number of amides is 4. The Hall–Kier alpha value is -6.00. The van der Waals surface area contributed by atoms with Crippen LogP contribution in [0.3, 0.4) is 0 Å². The molecule has 5 aromatic rings. The third-order valence-electron chi connectivity index (χ3n) is 14.1. The molecule has 4 N–H and O–H groups in total. The quantitative estimate of drug-likeness (QED) is 0.0875. The number of aromatic amines is 2. The van der Waals surface area contributed by atoms with Crippen molar-refractivity contribution in [3.8, 4) is 22.4 Å². The van der Waals surface area contributed by atoms with E-state index >= 15 is 0 Å². The number of likely N-dealkylation sites (tertiary alicyclic amines) is 2. The van der Waals surface area contributed by atoms with Crippen molar-refractivity contribution in [2.45, 2.75) is 109 Å². The molecule has 1 aliphatic carbocycles. The maximum atomic E-state index is 14.2. The lowest BCUT2D eigenvalue weighted by atomic mass is 9.91. The largest absolute Gasteiger partial charge is 0.453 e. The Morgan fingerprint density at radius 2 is 1.57 bits per heavy atom. The molecular formula is C49H62N8O8. The molecule has 3 aromatic carbocycles. The van der Waals surface area contributed by atoms with E-state index in [4.69, 9.17) is 28.9 Å². The van der Waals surface area contributed by atoms with Crippen molar-refractivity contribution >= 4 is 45.8 Å².